The summed E-state index contributed by atoms with van der Waals surface area (Å²) in [7, 11) is 0. The molecule has 0 bridgehead atoms. The van der Waals surface area contributed by atoms with E-state index in [0.717, 1.165) is 18.8 Å². The highest BCUT2D eigenvalue weighted by Crippen LogP contribution is 2.21. The molecule has 1 saturated carbocycles. The largest absolute Gasteiger partial charge is 0.350 e. The summed E-state index contributed by atoms with van der Waals surface area (Å²) in [4.78, 5) is 4.64. The van der Waals surface area contributed by atoms with Crippen LogP contribution >= 0.6 is 0 Å². The zero-order valence-corrected chi connectivity index (χ0v) is 10.8. The molecular formula is C12H26N4. The van der Waals surface area contributed by atoms with Gasteiger partial charge in [0.1, 0.15) is 0 Å². The van der Waals surface area contributed by atoms with Crippen LogP contribution in [-0.2, 0) is 0 Å². The summed E-state index contributed by atoms with van der Waals surface area (Å²) in [5.74, 6) is 6.27. The molecule has 1 fully saturated rings. The number of hydrogen-bond donors (Lipinski definition) is 3. The van der Waals surface area contributed by atoms with Gasteiger partial charge in [-0.2, -0.15) is 0 Å². The van der Waals surface area contributed by atoms with Gasteiger partial charge in [0.25, 0.3) is 0 Å². The number of nitrogens with zero attached hydrogens (tertiary/aromatic N) is 1. The number of rotatable bonds is 4. The Hall–Kier alpha value is -0.770. The van der Waals surface area contributed by atoms with Gasteiger partial charge in [0.05, 0.1) is 6.04 Å². The first-order valence-corrected chi connectivity index (χ1v) is 6.46. The minimum Gasteiger partial charge on any atom is -0.350 e. The summed E-state index contributed by atoms with van der Waals surface area (Å²) in [6.45, 7) is 6.56. The SMILES string of the molecule is CCC(C)(CC)NC(=NC1CCCC1)NN. The molecule has 0 heterocycles. The van der Waals surface area contributed by atoms with E-state index in [4.69, 9.17) is 5.84 Å². The molecule has 0 saturated heterocycles. The van der Waals surface area contributed by atoms with Crippen LogP contribution in [0.4, 0.5) is 0 Å². The fourth-order valence-corrected chi connectivity index (χ4v) is 2.03. The van der Waals surface area contributed by atoms with Gasteiger partial charge in [-0.1, -0.05) is 26.7 Å². The summed E-state index contributed by atoms with van der Waals surface area (Å²) in [6, 6.07) is 0.455. The fraction of sp³-hybridized carbons (Fsp3) is 0.917. The first-order chi connectivity index (χ1) is 7.63. The number of hydrogen-bond acceptors (Lipinski definition) is 2. The van der Waals surface area contributed by atoms with Gasteiger partial charge in [-0.3, -0.25) is 5.43 Å². The van der Waals surface area contributed by atoms with Gasteiger partial charge in [0.15, 0.2) is 0 Å². The molecule has 0 aromatic heterocycles. The molecule has 16 heavy (non-hydrogen) atoms. The lowest BCUT2D eigenvalue weighted by Crippen LogP contribution is -2.52. The summed E-state index contributed by atoms with van der Waals surface area (Å²) < 4.78 is 0. The van der Waals surface area contributed by atoms with Gasteiger partial charge in [-0.15, -0.1) is 0 Å². The molecule has 1 aliphatic carbocycles. The Morgan fingerprint density at radius 1 is 1.31 bits per heavy atom. The van der Waals surface area contributed by atoms with E-state index >= 15 is 0 Å². The van der Waals surface area contributed by atoms with Crippen molar-refractivity contribution in [2.45, 2.75) is 70.9 Å². The number of aliphatic imine (C=N–C) groups is 1. The van der Waals surface area contributed by atoms with E-state index in [-0.39, 0.29) is 5.54 Å². The first kappa shape index (κ1) is 13.3. The van der Waals surface area contributed by atoms with Crippen LogP contribution in [0, 0.1) is 0 Å². The van der Waals surface area contributed by atoms with Gasteiger partial charge in [-0.25, -0.2) is 10.8 Å². The predicted octanol–water partition coefficient (Wildman–Crippen LogP) is 1.92. The highest BCUT2D eigenvalue weighted by atomic mass is 15.3. The van der Waals surface area contributed by atoms with Crippen LogP contribution in [0.3, 0.4) is 0 Å². The third-order valence-corrected chi connectivity index (χ3v) is 3.75. The van der Waals surface area contributed by atoms with Crippen molar-refractivity contribution in [3.63, 3.8) is 0 Å². The molecule has 0 aromatic carbocycles. The first-order valence-electron chi connectivity index (χ1n) is 6.46. The minimum atomic E-state index is 0.0871. The van der Waals surface area contributed by atoms with Crippen LogP contribution < -0.4 is 16.6 Å². The number of nitrogens with two attached hydrogens (primary N) is 1. The molecule has 94 valence electrons. The average molecular weight is 226 g/mol. The second kappa shape index (κ2) is 6.09. The Labute approximate surface area is 99.1 Å². The minimum absolute atomic E-state index is 0.0871. The van der Waals surface area contributed by atoms with Crippen molar-refractivity contribution in [1.29, 1.82) is 0 Å². The Kier molecular flexibility index (Phi) is 5.06. The van der Waals surface area contributed by atoms with Crippen LogP contribution in [0.1, 0.15) is 59.3 Å². The van der Waals surface area contributed by atoms with Gasteiger partial charge in [0.2, 0.25) is 5.96 Å². The van der Waals surface area contributed by atoms with Crippen molar-refractivity contribution in [2.75, 3.05) is 0 Å². The summed E-state index contributed by atoms with van der Waals surface area (Å²) >= 11 is 0. The van der Waals surface area contributed by atoms with E-state index in [1.54, 1.807) is 0 Å². The lowest BCUT2D eigenvalue weighted by Gasteiger charge is -2.30. The maximum Gasteiger partial charge on any atom is 0.206 e. The number of guanidine groups is 1. The van der Waals surface area contributed by atoms with Crippen LogP contribution in [-0.4, -0.2) is 17.5 Å². The zero-order chi connectivity index (χ0) is 12.0. The van der Waals surface area contributed by atoms with Crippen molar-refractivity contribution in [1.82, 2.24) is 10.7 Å². The van der Waals surface area contributed by atoms with Crippen molar-refractivity contribution in [3.8, 4) is 0 Å². The van der Waals surface area contributed by atoms with E-state index in [1.807, 2.05) is 0 Å². The Morgan fingerprint density at radius 3 is 2.31 bits per heavy atom. The molecule has 4 nitrogen and oxygen atoms in total. The molecule has 1 rings (SSSR count). The summed E-state index contributed by atoms with van der Waals surface area (Å²) in [5, 5.41) is 3.42. The van der Waals surface area contributed by atoms with E-state index in [2.05, 4.69) is 36.5 Å². The number of hydrazine groups is 1. The molecule has 0 aliphatic heterocycles. The van der Waals surface area contributed by atoms with E-state index in [1.165, 1.54) is 25.7 Å². The Bertz CT molecular complexity index is 227. The normalized spacial score (nSPS) is 18.9. The van der Waals surface area contributed by atoms with Crippen LogP contribution in [0.5, 0.6) is 0 Å². The standard InChI is InChI=1S/C12H26N4/c1-4-12(3,5-2)15-11(16-13)14-10-8-6-7-9-10/h10H,4-9,13H2,1-3H3,(H2,14,15,16). The summed E-state index contributed by atoms with van der Waals surface area (Å²) in [6.07, 6.45) is 7.11. The predicted molar refractivity (Wildman–Crippen MR) is 69.1 cm³/mol. The Morgan fingerprint density at radius 2 is 1.88 bits per heavy atom. The molecule has 1 aliphatic rings. The van der Waals surface area contributed by atoms with E-state index in [9.17, 15) is 0 Å². The molecule has 0 radical (unpaired) electrons. The lowest BCUT2D eigenvalue weighted by molar-refractivity contribution is 0.383. The highest BCUT2D eigenvalue weighted by molar-refractivity contribution is 5.80. The third-order valence-electron chi connectivity index (χ3n) is 3.75. The molecule has 0 aromatic rings. The molecule has 0 unspecified atom stereocenters. The Balaban J connectivity index is 2.59. The van der Waals surface area contributed by atoms with Crippen LogP contribution in [0.25, 0.3) is 0 Å². The monoisotopic (exact) mass is 226 g/mol. The zero-order valence-electron chi connectivity index (χ0n) is 10.8. The highest BCUT2D eigenvalue weighted by Gasteiger charge is 2.22. The molecule has 0 amide bonds. The maximum atomic E-state index is 5.52. The molecular weight excluding hydrogens is 200 g/mol. The molecule has 4 N–H and O–H groups in total. The van der Waals surface area contributed by atoms with Crippen molar-refractivity contribution < 1.29 is 0 Å². The topological polar surface area (TPSA) is 62.4 Å². The van der Waals surface area contributed by atoms with Gasteiger partial charge >= 0.3 is 0 Å². The van der Waals surface area contributed by atoms with Gasteiger partial charge < -0.3 is 5.32 Å². The maximum absolute atomic E-state index is 5.52. The number of nitrogens with one attached hydrogen (secondary N) is 2. The van der Waals surface area contributed by atoms with Crippen molar-refractivity contribution in [3.05, 3.63) is 0 Å². The quantitative estimate of drug-likeness (QED) is 0.297. The van der Waals surface area contributed by atoms with Crippen molar-refractivity contribution >= 4 is 5.96 Å². The second-order valence-corrected chi connectivity index (χ2v) is 4.95. The van der Waals surface area contributed by atoms with E-state index in [0.29, 0.717) is 6.04 Å². The average Bonchev–Trinajstić information content (AvgIpc) is 2.80. The molecule has 0 atom stereocenters. The fourth-order valence-electron chi connectivity index (χ4n) is 2.03. The van der Waals surface area contributed by atoms with Crippen molar-refractivity contribution in [2.24, 2.45) is 10.8 Å². The smallest absolute Gasteiger partial charge is 0.206 e. The molecule has 0 spiro atoms. The van der Waals surface area contributed by atoms with Crippen LogP contribution in [0.15, 0.2) is 4.99 Å². The second-order valence-electron chi connectivity index (χ2n) is 4.95. The van der Waals surface area contributed by atoms with Gasteiger partial charge in [-0.05, 0) is 32.6 Å². The summed E-state index contributed by atoms with van der Waals surface area (Å²) in [5.41, 5.74) is 2.78. The third kappa shape index (κ3) is 3.67. The lowest BCUT2D eigenvalue weighted by atomic mass is 9.96. The molecule has 4 heteroatoms. The van der Waals surface area contributed by atoms with Gasteiger partial charge in [0, 0.05) is 5.54 Å². The van der Waals surface area contributed by atoms with Crippen LogP contribution in [0.2, 0.25) is 0 Å². The van der Waals surface area contributed by atoms with E-state index < -0.39 is 0 Å².